The molecule has 0 saturated heterocycles. The molecule has 0 aliphatic heterocycles. The van der Waals surface area contributed by atoms with Crippen molar-refractivity contribution in [2.24, 2.45) is 0 Å². The van der Waals surface area contributed by atoms with Gasteiger partial charge in [0, 0.05) is 0 Å². The van der Waals surface area contributed by atoms with Crippen LogP contribution >= 0.6 is 0 Å². The lowest BCUT2D eigenvalue weighted by Gasteiger charge is -2.45. The molecule has 0 spiro atoms. The summed E-state index contributed by atoms with van der Waals surface area (Å²) in [5, 5.41) is 0.127. The van der Waals surface area contributed by atoms with E-state index in [2.05, 4.69) is 177 Å². The second kappa shape index (κ2) is 12.5. The monoisotopic (exact) mass is 594 g/mol. The lowest BCUT2D eigenvalue weighted by Crippen LogP contribution is -2.46. The van der Waals surface area contributed by atoms with E-state index in [-0.39, 0.29) is 22.3 Å². The molecule has 222 valence electrons. The summed E-state index contributed by atoms with van der Waals surface area (Å²) in [4.78, 5) is 0. The molecule has 4 heteroatoms. The summed E-state index contributed by atoms with van der Waals surface area (Å²) >= 11 is 0. The van der Waals surface area contributed by atoms with Crippen molar-refractivity contribution >= 4 is 16.6 Å². The average Bonchev–Trinajstić information content (AvgIpc) is 2.95. The van der Waals surface area contributed by atoms with E-state index in [1.807, 2.05) is 0 Å². The Balaban J connectivity index is 1.83. The summed E-state index contributed by atoms with van der Waals surface area (Å²) < 4.78 is 14.7. The summed E-state index contributed by atoms with van der Waals surface area (Å²) in [6.45, 7) is 23.3. The van der Waals surface area contributed by atoms with E-state index < -0.39 is 16.6 Å². The molecule has 0 amide bonds. The molecule has 4 rings (SSSR count). The highest BCUT2D eigenvalue weighted by Crippen LogP contribution is 2.48. The van der Waals surface area contributed by atoms with Crippen LogP contribution in [0.4, 0.5) is 0 Å². The highest BCUT2D eigenvalue weighted by molar-refractivity contribution is 6.74. The molecule has 0 heterocycles. The van der Waals surface area contributed by atoms with Crippen molar-refractivity contribution in [1.29, 1.82) is 0 Å². The molecule has 0 aromatic heterocycles. The molecule has 2 nitrogen and oxygen atoms in total. The fraction of sp³-hybridized carbons (Fsp3) is 0.368. The molecule has 0 bridgehead atoms. The van der Waals surface area contributed by atoms with E-state index in [1.54, 1.807) is 0 Å². The van der Waals surface area contributed by atoms with Crippen LogP contribution < -0.4 is 0 Å². The van der Waals surface area contributed by atoms with Crippen LogP contribution in [-0.4, -0.2) is 16.6 Å². The molecule has 2 unspecified atom stereocenters. The molecular formula is C38H50O2Si2. The first kappa shape index (κ1) is 32.2. The third-order valence-electron chi connectivity index (χ3n) is 9.42. The first-order chi connectivity index (χ1) is 19.6. The van der Waals surface area contributed by atoms with Crippen LogP contribution in [0.25, 0.3) is 22.3 Å². The highest BCUT2D eigenvalue weighted by Gasteiger charge is 2.45. The van der Waals surface area contributed by atoms with Gasteiger partial charge in [-0.3, -0.25) is 0 Å². The van der Waals surface area contributed by atoms with Gasteiger partial charge in [0.05, 0.1) is 12.2 Å². The van der Waals surface area contributed by atoms with Gasteiger partial charge in [-0.05, 0) is 69.6 Å². The molecule has 0 radical (unpaired) electrons. The number of hydrogen-bond acceptors (Lipinski definition) is 2. The maximum absolute atomic E-state index is 7.36. The third-order valence-corrected chi connectivity index (χ3v) is 18.3. The van der Waals surface area contributed by atoms with E-state index >= 15 is 0 Å². The van der Waals surface area contributed by atoms with Gasteiger partial charge in [0.15, 0.2) is 16.6 Å². The largest absolute Gasteiger partial charge is 0.407 e. The topological polar surface area (TPSA) is 18.5 Å². The molecule has 0 aliphatic rings. The molecule has 4 aromatic carbocycles. The SMILES string of the molecule is CC(C)(C)[Si](C)(C)OC(c1ccc(-c2ccccc2)cc1)C(O[Si](C)(C)C(C)(C)C)c1ccc(-c2ccccc2)cc1. The highest BCUT2D eigenvalue weighted by atomic mass is 28.4. The number of hydrogen-bond donors (Lipinski definition) is 0. The maximum Gasteiger partial charge on any atom is 0.193 e. The lowest BCUT2D eigenvalue weighted by molar-refractivity contribution is 0.0333. The fourth-order valence-electron chi connectivity index (χ4n) is 4.59. The van der Waals surface area contributed by atoms with Crippen LogP contribution in [0.2, 0.25) is 36.3 Å². The Kier molecular flexibility index (Phi) is 9.54. The van der Waals surface area contributed by atoms with Gasteiger partial charge in [0.2, 0.25) is 0 Å². The normalized spacial score (nSPS) is 14.4. The molecule has 42 heavy (non-hydrogen) atoms. The molecule has 0 aliphatic carbocycles. The Bertz CT molecular complexity index is 1300. The van der Waals surface area contributed by atoms with E-state index in [9.17, 15) is 0 Å². The van der Waals surface area contributed by atoms with Gasteiger partial charge in [-0.1, -0.05) is 151 Å². The van der Waals surface area contributed by atoms with E-state index in [0.29, 0.717) is 0 Å². The van der Waals surface area contributed by atoms with Crippen molar-refractivity contribution in [1.82, 2.24) is 0 Å². The Morgan fingerprint density at radius 2 is 0.667 bits per heavy atom. The van der Waals surface area contributed by atoms with Crippen LogP contribution in [0, 0.1) is 0 Å². The van der Waals surface area contributed by atoms with Gasteiger partial charge < -0.3 is 8.85 Å². The first-order valence-corrected chi connectivity index (χ1v) is 21.1. The van der Waals surface area contributed by atoms with Crippen molar-refractivity contribution in [2.75, 3.05) is 0 Å². The number of rotatable bonds is 9. The minimum Gasteiger partial charge on any atom is -0.407 e. The van der Waals surface area contributed by atoms with Gasteiger partial charge in [-0.15, -0.1) is 0 Å². The van der Waals surface area contributed by atoms with Crippen molar-refractivity contribution in [2.45, 2.75) is 90.0 Å². The van der Waals surface area contributed by atoms with Gasteiger partial charge in [-0.2, -0.15) is 0 Å². The summed E-state index contributed by atoms with van der Waals surface area (Å²) in [6, 6.07) is 39.1. The van der Waals surface area contributed by atoms with Crippen LogP contribution in [0.3, 0.4) is 0 Å². The molecule has 0 fully saturated rings. The summed E-state index contributed by atoms with van der Waals surface area (Å²) in [5.41, 5.74) is 7.18. The zero-order valence-electron chi connectivity index (χ0n) is 27.4. The molecule has 0 N–H and O–H groups in total. The van der Waals surface area contributed by atoms with Crippen molar-refractivity contribution in [3.8, 4) is 22.3 Å². The van der Waals surface area contributed by atoms with Crippen LogP contribution in [-0.2, 0) is 8.85 Å². The van der Waals surface area contributed by atoms with Crippen LogP contribution in [0.5, 0.6) is 0 Å². The molecule has 4 aromatic rings. The minimum atomic E-state index is -2.17. The second-order valence-corrected chi connectivity index (χ2v) is 24.1. The van der Waals surface area contributed by atoms with E-state index in [4.69, 9.17) is 8.85 Å². The third kappa shape index (κ3) is 7.41. The predicted octanol–water partition coefficient (Wildman–Crippen LogP) is 11.8. The van der Waals surface area contributed by atoms with Crippen molar-refractivity contribution in [3.05, 3.63) is 120 Å². The average molecular weight is 595 g/mol. The Morgan fingerprint density at radius 3 is 0.929 bits per heavy atom. The molecule has 2 atom stereocenters. The van der Waals surface area contributed by atoms with E-state index in [0.717, 1.165) is 11.1 Å². The minimum absolute atomic E-state index is 0.0634. The van der Waals surface area contributed by atoms with Crippen LogP contribution in [0.1, 0.15) is 64.9 Å². The first-order valence-electron chi connectivity index (χ1n) is 15.3. The van der Waals surface area contributed by atoms with Crippen molar-refractivity contribution in [3.63, 3.8) is 0 Å². The zero-order chi connectivity index (χ0) is 30.8. The Hall–Kier alpha value is -2.77. The van der Waals surface area contributed by atoms with Gasteiger partial charge in [0.25, 0.3) is 0 Å². The number of benzene rings is 4. The Morgan fingerprint density at radius 1 is 0.405 bits per heavy atom. The zero-order valence-corrected chi connectivity index (χ0v) is 29.4. The smallest absolute Gasteiger partial charge is 0.193 e. The quantitative estimate of drug-likeness (QED) is 0.179. The summed E-state index contributed by atoms with van der Waals surface area (Å²) in [5.74, 6) is 0. The molecule has 0 saturated carbocycles. The lowest BCUT2D eigenvalue weighted by atomic mass is 9.95. The van der Waals surface area contributed by atoms with Gasteiger partial charge in [-0.25, -0.2) is 0 Å². The second-order valence-electron chi connectivity index (χ2n) is 14.6. The van der Waals surface area contributed by atoms with Gasteiger partial charge in [0.1, 0.15) is 0 Å². The standard InChI is InChI=1S/C38H50O2Si2/c1-37(2,3)41(7,8)39-35(33-25-21-31(22-26-33)29-17-13-11-14-18-29)36(40-42(9,10)38(4,5)6)34-27-23-32(24-28-34)30-19-15-12-16-20-30/h11-28,35-36H,1-10H3. The van der Waals surface area contributed by atoms with Gasteiger partial charge >= 0.3 is 0 Å². The van der Waals surface area contributed by atoms with Crippen LogP contribution in [0.15, 0.2) is 109 Å². The summed E-state index contributed by atoms with van der Waals surface area (Å²) in [6.07, 6.45) is -0.458. The fourth-order valence-corrected chi connectivity index (χ4v) is 7.09. The maximum atomic E-state index is 7.36. The Labute approximate surface area is 257 Å². The van der Waals surface area contributed by atoms with E-state index in [1.165, 1.54) is 22.3 Å². The van der Waals surface area contributed by atoms with Crippen molar-refractivity contribution < 1.29 is 8.85 Å². The summed E-state index contributed by atoms with van der Waals surface area (Å²) in [7, 11) is -4.35. The molecular weight excluding hydrogens is 545 g/mol. The predicted molar refractivity (Wildman–Crippen MR) is 186 cm³/mol.